The number of benzene rings is 1. The third-order valence-electron chi connectivity index (χ3n) is 3.65. The molecule has 1 aromatic rings. The van der Waals surface area contributed by atoms with Gasteiger partial charge in [0.2, 0.25) is 5.91 Å². The monoisotopic (exact) mass is 326 g/mol. The van der Waals surface area contributed by atoms with Crippen LogP contribution in [0.25, 0.3) is 0 Å². The van der Waals surface area contributed by atoms with Gasteiger partial charge in [-0.2, -0.15) is 0 Å². The van der Waals surface area contributed by atoms with Crippen molar-refractivity contribution in [2.45, 2.75) is 52.4 Å². The Kier molecular flexibility index (Phi) is 10.9. The van der Waals surface area contributed by atoms with Crippen LogP contribution >= 0.6 is 12.4 Å². The summed E-state index contributed by atoms with van der Waals surface area (Å²) >= 11 is 0. The number of rotatable bonds is 10. The summed E-state index contributed by atoms with van der Waals surface area (Å²) < 4.78 is 0. The molecule has 22 heavy (non-hydrogen) atoms. The Bertz CT molecular complexity index is 407. The number of nitrogens with two attached hydrogens (primary N) is 1. The Morgan fingerprint density at radius 3 is 2.36 bits per heavy atom. The van der Waals surface area contributed by atoms with Gasteiger partial charge >= 0.3 is 0 Å². The van der Waals surface area contributed by atoms with Crippen molar-refractivity contribution < 1.29 is 4.79 Å². The van der Waals surface area contributed by atoms with Crippen LogP contribution in [0.4, 0.5) is 0 Å². The van der Waals surface area contributed by atoms with Gasteiger partial charge in [-0.05, 0) is 36.8 Å². The molecule has 0 saturated heterocycles. The Morgan fingerprint density at radius 2 is 1.73 bits per heavy atom. The van der Waals surface area contributed by atoms with Gasteiger partial charge in [0.15, 0.2) is 0 Å². The lowest BCUT2D eigenvalue weighted by Crippen LogP contribution is -2.35. The van der Waals surface area contributed by atoms with Crippen molar-refractivity contribution in [1.82, 2.24) is 5.32 Å². The molecule has 0 bridgehead atoms. The van der Waals surface area contributed by atoms with E-state index < -0.39 is 0 Å². The standard InChI is InChI=1S/C18H30N2O.ClH/c1-18(2,14-16-10-6-5-7-11-16)15-20-17(21)12-8-3-4-9-13-19;/h5-7,10-11H,3-4,8-9,12-15,19H2,1-2H3,(H,20,21);1H. The van der Waals surface area contributed by atoms with E-state index >= 15 is 0 Å². The van der Waals surface area contributed by atoms with E-state index in [0.717, 1.165) is 45.2 Å². The van der Waals surface area contributed by atoms with Gasteiger partial charge in [0, 0.05) is 13.0 Å². The van der Waals surface area contributed by atoms with E-state index in [1.165, 1.54) is 5.56 Å². The van der Waals surface area contributed by atoms with Crippen LogP contribution in [0, 0.1) is 5.41 Å². The first-order valence-electron chi connectivity index (χ1n) is 8.04. The SMILES string of the molecule is CC(C)(CNC(=O)CCCCCCN)Cc1ccccc1.Cl. The van der Waals surface area contributed by atoms with Crippen LogP contribution in [0.5, 0.6) is 0 Å². The minimum atomic E-state index is 0. The minimum Gasteiger partial charge on any atom is -0.356 e. The van der Waals surface area contributed by atoms with Gasteiger partial charge in [-0.1, -0.05) is 57.0 Å². The fraction of sp³-hybridized carbons (Fsp3) is 0.611. The van der Waals surface area contributed by atoms with E-state index in [9.17, 15) is 4.79 Å². The highest BCUT2D eigenvalue weighted by atomic mass is 35.5. The first kappa shape index (κ1) is 20.9. The average molecular weight is 327 g/mol. The largest absolute Gasteiger partial charge is 0.356 e. The van der Waals surface area contributed by atoms with Crippen LogP contribution in [0.2, 0.25) is 0 Å². The normalized spacial score (nSPS) is 10.9. The predicted molar refractivity (Wildman–Crippen MR) is 96.3 cm³/mol. The quantitative estimate of drug-likeness (QED) is 0.644. The molecule has 0 aliphatic carbocycles. The van der Waals surface area contributed by atoms with Crippen molar-refractivity contribution in [3.05, 3.63) is 35.9 Å². The van der Waals surface area contributed by atoms with Crippen LogP contribution in [0.15, 0.2) is 30.3 Å². The highest BCUT2D eigenvalue weighted by molar-refractivity contribution is 5.85. The fourth-order valence-electron chi connectivity index (χ4n) is 2.42. The van der Waals surface area contributed by atoms with Crippen LogP contribution in [0.3, 0.4) is 0 Å². The number of amides is 1. The Hall–Kier alpha value is -1.06. The molecule has 3 nitrogen and oxygen atoms in total. The Labute approximate surface area is 141 Å². The summed E-state index contributed by atoms with van der Waals surface area (Å²) in [6.45, 7) is 5.87. The second kappa shape index (κ2) is 11.5. The second-order valence-electron chi connectivity index (χ2n) is 6.56. The first-order valence-corrected chi connectivity index (χ1v) is 8.04. The highest BCUT2D eigenvalue weighted by Gasteiger charge is 2.19. The van der Waals surface area contributed by atoms with Gasteiger partial charge < -0.3 is 11.1 Å². The fourth-order valence-corrected chi connectivity index (χ4v) is 2.42. The van der Waals surface area contributed by atoms with E-state index in [0.29, 0.717) is 6.42 Å². The van der Waals surface area contributed by atoms with Crippen molar-refractivity contribution in [3.63, 3.8) is 0 Å². The molecule has 0 aliphatic heterocycles. The van der Waals surface area contributed by atoms with Gasteiger partial charge in [-0.3, -0.25) is 4.79 Å². The maximum Gasteiger partial charge on any atom is 0.220 e. The van der Waals surface area contributed by atoms with Crippen LogP contribution in [0.1, 0.15) is 51.5 Å². The molecule has 0 radical (unpaired) electrons. The maximum absolute atomic E-state index is 11.8. The number of carbonyl (C=O) groups excluding carboxylic acids is 1. The van der Waals surface area contributed by atoms with Crippen molar-refractivity contribution in [2.75, 3.05) is 13.1 Å². The average Bonchev–Trinajstić information content (AvgIpc) is 2.46. The zero-order valence-electron chi connectivity index (χ0n) is 13.9. The lowest BCUT2D eigenvalue weighted by molar-refractivity contribution is -0.121. The number of hydrogen-bond acceptors (Lipinski definition) is 2. The van der Waals surface area contributed by atoms with Gasteiger partial charge in [0.05, 0.1) is 0 Å². The van der Waals surface area contributed by atoms with E-state index in [4.69, 9.17) is 5.73 Å². The topological polar surface area (TPSA) is 55.1 Å². The van der Waals surface area contributed by atoms with Gasteiger partial charge in [0.25, 0.3) is 0 Å². The smallest absolute Gasteiger partial charge is 0.220 e. The number of hydrogen-bond donors (Lipinski definition) is 2. The molecule has 1 rings (SSSR count). The van der Waals surface area contributed by atoms with E-state index in [2.05, 4.69) is 43.4 Å². The van der Waals surface area contributed by atoms with Crippen LogP contribution in [-0.4, -0.2) is 19.0 Å². The number of halogens is 1. The predicted octanol–water partition coefficient (Wildman–Crippen LogP) is 3.70. The zero-order valence-corrected chi connectivity index (χ0v) is 14.8. The second-order valence-corrected chi connectivity index (χ2v) is 6.56. The van der Waals surface area contributed by atoms with Gasteiger partial charge in [0.1, 0.15) is 0 Å². The molecule has 4 heteroatoms. The van der Waals surface area contributed by atoms with Crippen molar-refractivity contribution in [1.29, 1.82) is 0 Å². The molecule has 0 spiro atoms. The molecule has 0 aromatic heterocycles. The Morgan fingerprint density at radius 1 is 1.09 bits per heavy atom. The molecule has 1 amide bonds. The third-order valence-corrected chi connectivity index (χ3v) is 3.65. The van der Waals surface area contributed by atoms with E-state index in [1.807, 2.05) is 6.07 Å². The molecular formula is C18H31ClN2O. The number of nitrogens with one attached hydrogen (secondary N) is 1. The summed E-state index contributed by atoms with van der Waals surface area (Å²) in [7, 11) is 0. The number of unbranched alkanes of at least 4 members (excludes halogenated alkanes) is 3. The maximum atomic E-state index is 11.8. The third kappa shape index (κ3) is 9.80. The van der Waals surface area contributed by atoms with Gasteiger partial charge in [-0.25, -0.2) is 0 Å². The summed E-state index contributed by atoms with van der Waals surface area (Å²) in [5.41, 5.74) is 6.85. The summed E-state index contributed by atoms with van der Waals surface area (Å²) in [5.74, 6) is 0.170. The molecule has 0 atom stereocenters. The highest BCUT2D eigenvalue weighted by Crippen LogP contribution is 2.20. The Balaban J connectivity index is 0.00000441. The molecule has 0 unspecified atom stereocenters. The first-order chi connectivity index (χ1) is 10.0. The molecule has 1 aromatic carbocycles. The molecular weight excluding hydrogens is 296 g/mol. The zero-order chi connectivity index (χ0) is 15.6. The van der Waals surface area contributed by atoms with Crippen molar-refractivity contribution in [2.24, 2.45) is 11.1 Å². The molecule has 3 N–H and O–H groups in total. The van der Waals surface area contributed by atoms with Crippen LogP contribution < -0.4 is 11.1 Å². The lowest BCUT2D eigenvalue weighted by Gasteiger charge is -2.25. The molecule has 0 aliphatic rings. The summed E-state index contributed by atoms with van der Waals surface area (Å²) in [6.07, 6.45) is 5.86. The van der Waals surface area contributed by atoms with Crippen molar-refractivity contribution >= 4 is 18.3 Å². The number of carbonyl (C=O) groups is 1. The molecule has 0 fully saturated rings. The van der Waals surface area contributed by atoms with E-state index in [-0.39, 0.29) is 23.7 Å². The summed E-state index contributed by atoms with van der Waals surface area (Å²) in [6, 6.07) is 10.4. The molecule has 126 valence electrons. The van der Waals surface area contributed by atoms with Crippen LogP contribution in [-0.2, 0) is 11.2 Å². The van der Waals surface area contributed by atoms with E-state index in [1.54, 1.807) is 0 Å². The lowest BCUT2D eigenvalue weighted by atomic mass is 9.85. The summed E-state index contributed by atoms with van der Waals surface area (Å²) in [5, 5.41) is 3.07. The molecule has 0 heterocycles. The molecule has 0 saturated carbocycles. The summed E-state index contributed by atoms with van der Waals surface area (Å²) in [4.78, 5) is 11.8. The van der Waals surface area contributed by atoms with Gasteiger partial charge in [-0.15, -0.1) is 12.4 Å². The van der Waals surface area contributed by atoms with Crippen molar-refractivity contribution in [3.8, 4) is 0 Å². The minimum absolute atomic E-state index is 0.